The van der Waals surface area contributed by atoms with Gasteiger partial charge in [-0.2, -0.15) is 0 Å². The zero-order valence-corrected chi connectivity index (χ0v) is 9.23. The van der Waals surface area contributed by atoms with Gasteiger partial charge in [0.25, 0.3) is 5.56 Å². The molecule has 0 spiro atoms. The minimum atomic E-state index is -0.563. The summed E-state index contributed by atoms with van der Waals surface area (Å²) in [6.45, 7) is 0. The quantitative estimate of drug-likeness (QED) is 0.585. The molecule has 0 amide bonds. The summed E-state index contributed by atoms with van der Waals surface area (Å²) in [4.78, 5) is 38.3. The van der Waals surface area contributed by atoms with Crippen LogP contribution in [0.3, 0.4) is 0 Å². The number of fused-ring (bicyclic) bond motifs is 1. The van der Waals surface area contributed by atoms with E-state index >= 15 is 0 Å². The second kappa shape index (κ2) is 3.95. The number of aromatic amines is 3. The van der Waals surface area contributed by atoms with E-state index in [2.05, 4.69) is 24.9 Å². The lowest BCUT2D eigenvalue weighted by atomic mass is 10.2. The predicted octanol–water partition coefficient (Wildman–Crippen LogP) is -0.0747. The van der Waals surface area contributed by atoms with Crippen LogP contribution in [0.25, 0.3) is 11.2 Å². The molecule has 0 saturated heterocycles. The van der Waals surface area contributed by atoms with Crippen LogP contribution in [0.2, 0.25) is 0 Å². The summed E-state index contributed by atoms with van der Waals surface area (Å²) in [5, 5.41) is 0. The Morgan fingerprint density at radius 3 is 2.83 bits per heavy atom. The molecule has 0 unspecified atom stereocenters. The topological polar surface area (TPSA) is 107 Å². The van der Waals surface area contributed by atoms with Crippen molar-refractivity contribution in [1.82, 2.24) is 24.9 Å². The fraction of sp³-hybridized carbons (Fsp3) is 0.0909. The minimum Gasteiger partial charge on any atom is -0.336 e. The van der Waals surface area contributed by atoms with Crippen molar-refractivity contribution in [2.45, 2.75) is 6.42 Å². The molecular formula is C11H9N5O2. The number of rotatable bonds is 2. The van der Waals surface area contributed by atoms with Crippen molar-refractivity contribution in [1.29, 1.82) is 0 Å². The van der Waals surface area contributed by atoms with Gasteiger partial charge in [0.1, 0.15) is 11.3 Å². The second-order valence-electron chi connectivity index (χ2n) is 3.85. The van der Waals surface area contributed by atoms with E-state index in [0.29, 0.717) is 12.2 Å². The van der Waals surface area contributed by atoms with Gasteiger partial charge in [0.15, 0.2) is 5.65 Å². The van der Waals surface area contributed by atoms with Crippen molar-refractivity contribution < 1.29 is 0 Å². The number of pyridine rings is 1. The van der Waals surface area contributed by atoms with Crippen LogP contribution >= 0.6 is 0 Å². The van der Waals surface area contributed by atoms with Gasteiger partial charge < -0.3 is 4.98 Å². The van der Waals surface area contributed by atoms with E-state index in [1.54, 1.807) is 12.4 Å². The molecule has 7 nitrogen and oxygen atoms in total. The van der Waals surface area contributed by atoms with E-state index in [1.165, 1.54) is 0 Å². The SMILES string of the molecule is O=c1[nH]c(=O)c2[nH]c(Cc3cccnc3)nc2[nH]1. The number of nitrogens with zero attached hydrogens (tertiary/aromatic N) is 2. The molecule has 3 N–H and O–H groups in total. The molecule has 0 radical (unpaired) electrons. The van der Waals surface area contributed by atoms with E-state index in [9.17, 15) is 9.59 Å². The average Bonchev–Trinajstić information content (AvgIpc) is 2.73. The third-order valence-corrected chi connectivity index (χ3v) is 2.53. The summed E-state index contributed by atoms with van der Waals surface area (Å²) < 4.78 is 0. The number of imidazole rings is 1. The number of aromatic nitrogens is 5. The van der Waals surface area contributed by atoms with E-state index in [0.717, 1.165) is 5.56 Å². The lowest BCUT2D eigenvalue weighted by Gasteiger charge is -1.95. The summed E-state index contributed by atoms with van der Waals surface area (Å²) in [5.74, 6) is 0.602. The van der Waals surface area contributed by atoms with Crippen LogP contribution in [0, 0.1) is 0 Å². The molecule has 3 aromatic rings. The molecule has 0 atom stereocenters. The largest absolute Gasteiger partial charge is 0.336 e. The Morgan fingerprint density at radius 1 is 1.17 bits per heavy atom. The van der Waals surface area contributed by atoms with Gasteiger partial charge in [-0.3, -0.25) is 19.7 Å². The van der Waals surface area contributed by atoms with Gasteiger partial charge in [0.05, 0.1) is 0 Å². The van der Waals surface area contributed by atoms with E-state index in [1.807, 2.05) is 12.1 Å². The number of H-pyrrole nitrogens is 3. The fourth-order valence-corrected chi connectivity index (χ4v) is 1.76. The third-order valence-electron chi connectivity index (χ3n) is 2.53. The fourth-order valence-electron chi connectivity index (χ4n) is 1.76. The smallest absolute Gasteiger partial charge is 0.327 e. The highest BCUT2D eigenvalue weighted by atomic mass is 16.2. The number of hydrogen-bond donors (Lipinski definition) is 3. The lowest BCUT2D eigenvalue weighted by molar-refractivity contribution is 1.02. The van der Waals surface area contributed by atoms with Crippen molar-refractivity contribution in [3.05, 3.63) is 56.8 Å². The summed E-state index contributed by atoms with van der Waals surface area (Å²) in [6.07, 6.45) is 3.93. The van der Waals surface area contributed by atoms with E-state index in [4.69, 9.17) is 0 Å². The highest BCUT2D eigenvalue weighted by molar-refractivity contribution is 5.68. The number of nitrogens with one attached hydrogen (secondary N) is 3. The van der Waals surface area contributed by atoms with Gasteiger partial charge in [-0.15, -0.1) is 0 Å². The summed E-state index contributed by atoms with van der Waals surface area (Å²) >= 11 is 0. The summed E-state index contributed by atoms with van der Waals surface area (Å²) in [7, 11) is 0. The van der Waals surface area contributed by atoms with E-state index < -0.39 is 11.2 Å². The van der Waals surface area contributed by atoms with Gasteiger partial charge in [-0.05, 0) is 11.6 Å². The maximum atomic E-state index is 11.5. The van der Waals surface area contributed by atoms with E-state index in [-0.39, 0.29) is 11.2 Å². The molecule has 0 aliphatic carbocycles. The Bertz CT molecular complexity index is 799. The molecule has 0 aliphatic rings. The molecular weight excluding hydrogens is 234 g/mol. The normalized spacial score (nSPS) is 10.9. The van der Waals surface area contributed by atoms with Crippen molar-refractivity contribution in [2.75, 3.05) is 0 Å². The Kier molecular flexibility index (Phi) is 2.30. The van der Waals surface area contributed by atoms with Crippen LogP contribution in [-0.4, -0.2) is 24.9 Å². The van der Waals surface area contributed by atoms with Crippen LogP contribution in [0.1, 0.15) is 11.4 Å². The van der Waals surface area contributed by atoms with Crippen molar-refractivity contribution in [3.63, 3.8) is 0 Å². The van der Waals surface area contributed by atoms with Gasteiger partial charge in [-0.25, -0.2) is 9.78 Å². The highest BCUT2D eigenvalue weighted by Gasteiger charge is 2.07. The first kappa shape index (κ1) is 10.5. The molecule has 3 rings (SSSR count). The molecule has 0 saturated carbocycles. The van der Waals surface area contributed by atoms with Crippen LogP contribution in [0.15, 0.2) is 34.1 Å². The Labute approximate surface area is 99.9 Å². The summed E-state index contributed by atoms with van der Waals surface area (Å²) in [5.41, 5.74) is 0.470. The molecule has 0 fully saturated rings. The predicted molar refractivity (Wildman–Crippen MR) is 64.4 cm³/mol. The van der Waals surface area contributed by atoms with Gasteiger partial charge in [-0.1, -0.05) is 6.07 Å². The zero-order chi connectivity index (χ0) is 12.5. The molecule has 3 heterocycles. The maximum Gasteiger partial charge on any atom is 0.327 e. The Morgan fingerprint density at radius 2 is 2.06 bits per heavy atom. The summed E-state index contributed by atoms with van der Waals surface area (Å²) in [6, 6.07) is 3.74. The Hall–Kier alpha value is -2.70. The van der Waals surface area contributed by atoms with Crippen LogP contribution < -0.4 is 11.2 Å². The van der Waals surface area contributed by atoms with Crippen molar-refractivity contribution >= 4 is 11.2 Å². The molecule has 7 heteroatoms. The molecule has 18 heavy (non-hydrogen) atoms. The molecule has 0 aromatic carbocycles. The van der Waals surface area contributed by atoms with Crippen molar-refractivity contribution in [3.8, 4) is 0 Å². The van der Waals surface area contributed by atoms with Crippen LogP contribution in [0.5, 0.6) is 0 Å². The first-order chi connectivity index (χ1) is 8.72. The maximum absolute atomic E-state index is 11.5. The lowest BCUT2D eigenvalue weighted by Crippen LogP contribution is -2.21. The van der Waals surface area contributed by atoms with Gasteiger partial charge in [0, 0.05) is 18.8 Å². The first-order valence-electron chi connectivity index (χ1n) is 5.32. The van der Waals surface area contributed by atoms with Crippen molar-refractivity contribution in [2.24, 2.45) is 0 Å². The first-order valence-corrected chi connectivity index (χ1v) is 5.32. The molecule has 0 bridgehead atoms. The zero-order valence-electron chi connectivity index (χ0n) is 9.23. The minimum absolute atomic E-state index is 0.266. The highest BCUT2D eigenvalue weighted by Crippen LogP contribution is 2.07. The van der Waals surface area contributed by atoms with Crippen LogP contribution in [-0.2, 0) is 6.42 Å². The second-order valence-corrected chi connectivity index (χ2v) is 3.85. The molecule has 90 valence electrons. The average molecular weight is 243 g/mol. The van der Waals surface area contributed by atoms with Crippen LogP contribution in [0.4, 0.5) is 0 Å². The molecule has 0 aliphatic heterocycles. The van der Waals surface area contributed by atoms with Gasteiger partial charge >= 0.3 is 5.69 Å². The third kappa shape index (κ3) is 1.81. The molecule has 3 aromatic heterocycles. The number of hydrogen-bond acceptors (Lipinski definition) is 4. The van der Waals surface area contributed by atoms with Gasteiger partial charge in [0.2, 0.25) is 0 Å². The standard InChI is InChI=1S/C11H9N5O2/c17-10-8-9(15-11(18)16-10)14-7(13-8)4-6-2-1-3-12-5-6/h1-3,5H,4H2,(H3,13,14,15,16,17,18). The Balaban J connectivity index is 2.07. The monoisotopic (exact) mass is 243 g/mol.